The first kappa shape index (κ1) is 8.10. The maximum atomic E-state index is 4.29. The summed E-state index contributed by atoms with van der Waals surface area (Å²) in [6, 6.07) is 0. The van der Waals surface area contributed by atoms with E-state index in [2.05, 4.69) is 20.2 Å². The van der Waals surface area contributed by atoms with Crippen LogP contribution >= 0.6 is 0 Å². The van der Waals surface area contributed by atoms with Crippen molar-refractivity contribution in [3.05, 3.63) is 12.0 Å². The topological polar surface area (TPSA) is 45.5 Å². The van der Waals surface area contributed by atoms with Crippen molar-refractivity contribution >= 4 is 11.7 Å². The fourth-order valence-corrected chi connectivity index (χ4v) is 1.58. The van der Waals surface area contributed by atoms with Gasteiger partial charge in [0.2, 0.25) is 0 Å². The zero-order chi connectivity index (χ0) is 9.42. The Kier molecular flexibility index (Phi) is 1.72. The van der Waals surface area contributed by atoms with Gasteiger partial charge in [-0.05, 0) is 0 Å². The number of anilines is 1. The molecule has 0 radical (unpaired) electrons. The highest BCUT2D eigenvalue weighted by molar-refractivity contribution is 6.02. The van der Waals surface area contributed by atoms with Crippen LogP contribution in [0.3, 0.4) is 0 Å². The Bertz CT molecular complexity index is 351. The van der Waals surface area contributed by atoms with E-state index in [-0.39, 0.29) is 0 Å². The summed E-state index contributed by atoms with van der Waals surface area (Å²) in [6.07, 6.45) is 1.80. The van der Waals surface area contributed by atoms with Crippen molar-refractivity contribution < 1.29 is 0 Å². The summed E-state index contributed by atoms with van der Waals surface area (Å²) >= 11 is 0. The van der Waals surface area contributed by atoms with E-state index in [1.807, 2.05) is 18.7 Å². The van der Waals surface area contributed by atoms with Crippen LogP contribution in [0.2, 0.25) is 0 Å². The summed E-state index contributed by atoms with van der Waals surface area (Å²) in [5, 5.41) is 3.19. The molecular formula is C8H13N5. The molecule has 0 bridgehead atoms. The second kappa shape index (κ2) is 2.76. The number of nitrogens with one attached hydrogen (secondary N) is 1. The van der Waals surface area contributed by atoms with Gasteiger partial charge in [-0.3, -0.25) is 4.99 Å². The quantitative estimate of drug-likeness (QED) is 0.599. The van der Waals surface area contributed by atoms with Crippen LogP contribution in [-0.2, 0) is 7.05 Å². The van der Waals surface area contributed by atoms with Crippen LogP contribution in [0, 0.1) is 0 Å². The molecule has 0 saturated carbocycles. The van der Waals surface area contributed by atoms with Crippen molar-refractivity contribution in [3.63, 3.8) is 0 Å². The fourth-order valence-electron chi connectivity index (χ4n) is 1.58. The average molecular weight is 179 g/mol. The molecule has 0 fully saturated rings. The van der Waals surface area contributed by atoms with Gasteiger partial charge in [-0.1, -0.05) is 0 Å². The lowest BCUT2D eigenvalue weighted by Gasteiger charge is -2.27. The molecule has 0 amide bonds. The smallest absolute Gasteiger partial charge is 0.152 e. The Hall–Kier alpha value is -1.52. The van der Waals surface area contributed by atoms with Crippen LogP contribution in [0.5, 0.6) is 0 Å². The zero-order valence-corrected chi connectivity index (χ0v) is 8.07. The predicted octanol–water partition coefficient (Wildman–Crippen LogP) is -0.207. The van der Waals surface area contributed by atoms with E-state index in [1.54, 1.807) is 13.4 Å². The highest BCUT2D eigenvalue weighted by Crippen LogP contribution is 2.19. The molecule has 1 aromatic rings. The van der Waals surface area contributed by atoms with Crippen molar-refractivity contribution in [3.8, 4) is 0 Å². The second-order valence-electron chi connectivity index (χ2n) is 3.13. The van der Waals surface area contributed by atoms with Crippen molar-refractivity contribution in [2.24, 2.45) is 12.0 Å². The van der Waals surface area contributed by atoms with Gasteiger partial charge in [0.25, 0.3) is 0 Å². The number of hydrogen-bond donors (Lipinski definition) is 1. The molecule has 1 N–H and O–H groups in total. The van der Waals surface area contributed by atoms with E-state index >= 15 is 0 Å². The molecule has 70 valence electrons. The van der Waals surface area contributed by atoms with Gasteiger partial charge in [-0.2, -0.15) is 0 Å². The minimum Gasteiger partial charge on any atom is -0.351 e. The van der Waals surface area contributed by atoms with Crippen molar-refractivity contribution in [2.75, 3.05) is 25.7 Å². The molecular weight excluding hydrogens is 166 g/mol. The number of aromatic nitrogens is 2. The number of aliphatic imine (C=N–C) groups is 1. The summed E-state index contributed by atoms with van der Waals surface area (Å²) in [4.78, 5) is 10.5. The monoisotopic (exact) mass is 179 g/mol. The molecule has 0 unspecified atom stereocenters. The molecule has 0 aliphatic carbocycles. The Morgan fingerprint density at radius 1 is 1.54 bits per heavy atom. The molecule has 0 atom stereocenters. The standard InChI is InChI=1S/C8H13N5/c1-9-7-6-8(12(2)4-10-6)13(3)5-11-7/h4H,5H2,1-3H3,(H,9,11). The Labute approximate surface area is 77.1 Å². The SMILES string of the molecule is CN=C1NCN(C)c2c1ncn2C. The number of aryl methyl sites for hydroxylation is 1. The summed E-state index contributed by atoms with van der Waals surface area (Å²) in [5.74, 6) is 1.98. The Balaban J connectivity index is 2.56. The van der Waals surface area contributed by atoms with Gasteiger partial charge in [-0.25, -0.2) is 4.98 Å². The third kappa shape index (κ3) is 1.07. The molecule has 0 aromatic carbocycles. The number of rotatable bonds is 0. The van der Waals surface area contributed by atoms with Gasteiger partial charge in [0, 0.05) is 21.1 Å². The lowest BCUT2D eigenvalue weighted by molar-refractivity contribution is 0.770. The maximum absolute atomic E-state index is 4.29. The lowest BCUT2D eigenvalue weighted by atomic mass is 10.3. The predicted molar refractivity (Wildman–Crippen MR) is 52.1 cm³/mol. The molecule has 0 spiro atoms. The lowest BCUT2D eigenvalue weighted by Crippen LogP contribution is -2.42. The average Bonchev–Trinajstić information content (AvgIpc) is 2.50. The van der Waals surface area contributed by atoms with E-state index in [0.29, 0.717) is 0 Å². The van der Waals surface area contributed by atoms with Crippen molar-refractivity contribution in [1.82, 2.24) is 14.9 Å². The van der Waals surface area contributed by atoms with Gasteiger partial charge in [0.15, 0.2) is 5.84 Å². The zero-order valence-electron chi connectivity index (χ0n) is 8.07. The van der Waals surface area contributed by atoms with Crippen LogP contribution in [0.15, 0.2) is 11.3 Å². The third-order valence-corrected chi connectivity index (χ3v) is 2.20. The van der Waals surface area contributed by atoms with Crippen LogP contribution in [0.25, 0.3) is 0 Å². The molecule has 1 aliphatic heterocycles. The van der Waals surface area contributed by atoms with Gasteiger partial charge in [0.05, 0.1) is 13.0 Å². The molecule has 1 aliphatic rings. The van der Waals surface area contributed by atoms with Gasteiger partial charge >= 0.3 is 0 Å². The fraction of sp³-hybridized carbons (Fsp3) is 0.500. The van der Waals surface area contributed by atoms with Crippen LogP contribution < -0.4 is 10.2 Å². The molecule has 1 aromatic heterocycles. The highest BCUT2D eigenvalue weighted by atomic mass is 15.3. The summed E-state index contributed by atoms with van der Waals surface area (Å²) in [6.45, 7) is 0.777. The van der Waals surface area contributed by atoms with Crippen LogP contribution in [-0.4, -0.2) is 36.2 Å². The molecule has 5 nitrogen and oxygen atoms in total. The van der Waals surface area contributed by atoms with Crippen molar-refractivity contribution in [2.45, 2.75) is 0 Å². The third-order valence-electron chi connectivity index (χ3n) is 2.20. The van der Waals surface area contributed by atoms with Gasteiger partial charge < -0.3 is 14.8 Å². The number of nitrogens with zero attached hydrogens (tertiary/aromatic N) is 4. The second-order valence-corrected chi connectivity index (χ2v) is 3.13. The van der Waals surface area contributed by atoms with Gasteiger partial charge in [-0.15, -0.1) is 0 Å². The number of fused-ring (bicyclic) bond motifs is 1. The van der Waals surface area contributed by atoms with E-state index in [0.717, 1.165) is 24.0 Å². The highest BCUT2D eigenvalue weighted by Gasteiger charge is 2.22. The summed E-state index contributed by atoms with van der Waals surface area (Å²) in [5.41, 5.74) is 0.929. The van der Waals surface area contributed by atoms with E-state index < -0.39 is 0 Å². The maximum Gasteiger partial charge on any atom is 0.152 e. The normalized spacial score (nSPS) is 18.7. The summed E-state index contributed by atoms with van der Waals surface area (Å²) < 4.78 is 2.00. The number of amidine groups is 1. The molecule has 2 heterocycles. The number of hydrogen-bond acceptors (Lipinski definition) is 3. The molecule has 0 saturated heterocycles. The Morgan fingerprint density at radius 2 is 2.31 bits per heavy atom. The largest absolute Gasteiger partial charge is 0.351 e. The molecule has 13 heavy (non-hydrogen) atoms. The first-order valence-corrected chi connectivity index (χ1v) is 4.17. The van der Waals surface area contributed by atoms with E-state index in [4.69, 9.17) is 0 Å². The molecule has 2 rings (SSSR count). The summed E-state index contributed by atoms with van der Waals surface area (Å²) in [7, 11) is 5.78. The first-order valence-electron chi connectivity index (χ1n) is 4.17. The minimum absolute atomic E-state index is 0.777. The number of imidazole rings is 1. The Morgan fingerprint density at radius 3 is 3.00 bits per heavy atom. The first-order chi connectivity index (χ1) is 6.24. The van der Waals surface area contributed by atoms with Crippen LogP contribution in [0.4, 0.5) is 5.82 Å². The van der Waals surface area contributed by atoms with E-state index in [9.17, 15) is 0 Å². The molecule has 5 heteroatoms. The van der Waals surface area contributed by atoms with Crippen molar-refractivity contribution in [1.29, 1.82) is 0 Å². The van der Waals surface area contributed by atoms with Gasteiger partial charge in [0.1, 0.15) is 11.5 Å². The van der Waals surface area contributed by atoms with Crippen LogP contribution in [0.1, 0.15) is 5.69 Å². The minimum atomic E-state index is 0.777. The van der Waals surface area contributed by atoms with E-state index in [1.165, 1.54) is 0 Å².